The van der Waals surface area contributed by atoms with Gasteiger partial charge in [0.2, 0.25) is 5.91 Å². The summed E-state index contributed by atoms with van der Waals surface area (Å²) in [6.45, 7) is 4.32. The first-order valence-corrected chi connectivity index (χ1v) is 9.62. The van der Waals surface area contributed by atoms with Gasteiger partial charge in [0.05, 0.1) is 10.0 Å². The molecule has 0 saturated carbocycles. The molecule has 150 valence electrons. The molecule has 7 nitrogen and oxygen atoms in total. The minimum Gasteiger partial charge on any atom is -0.383 e. The molecule has 0 spiro atoms. The predicted octanol–water partition coefficient (Wildman–Crippen LogP) is 3.37. The average molecular weight is 425 g/mol. The second kappa shape index (κ2) is 9.61. The highest BCUT2D eigenvalue weighted by atomic mass is 35.5. The van der Waals surface area contributed by atoms with Crippen LogP contribution in [0.15, 0.2) is 33.9 Å². The number of nitrogens with one attached hydrogen (secondary N) is 1. The number of carbonyl (C=O) groups excluding carboxylic acids is 1. The van der Waals surface area contributed by atoms with E-state index in [0.29, 0.717) is 35.0 Å². The van der Waals surface area contributed by atoms with Crippen molar-refractivity contribution in [2.45, 2.75) is 39.8 Å². The Balaban J connectivity index is 2.37. The summed E-state index contributed by atoms with van der Waals surface area (Å²) < 4.78 is 2.39. The van der Waals surface area contributed by atoms with Crippen molar-refractivity contribution in [3.63, 3.8) is 0 Å². The summed E-state index contributed by atoms with van der Waals surface area (Å²) >= 11 is 11.8. The lowest BCUT2D eigenvalue weighted by Gasteiger charge is -2.16. The first kappa shape index (κ1) is 21.8. The number of rotatable bonds is 7. The van der Waals surface area contributed by atoms with Crippen LogP contribution in [0.4, 0.5) is 11.5 Å². The Hall–Kier alpha value is -2.51. The fourth-order valence-corrected chi connectivity index (χ4v) is 2.95. The highest BCUT2D eigenvalue weighted by Gasteiger charge is 2.17. The lowest BCUT2D eigenvalue weighted by atomic mass is 10.2. The minimum absolute atomic E-state index is 0.0551. The van der Waals surface area contributed by atoms with Crippen molar-refractivity contribution in [1.29, 1.82) is 0 Å². The summed E-state index contributed by atoms with van der Waals surface area (Å²) in [4.78, 5) is 37.5. The highest BCUT2D eigenvalue weighted by Crippen LogP contribution is 2.23. The molecule has 0 bridgehead atoms. The number of hydrogen-bond donors (Lipinski definition) is 2. The molecule has 0 aliphatic carbocycles. The standard InChI is InChI=1S/C19H22Cl2N4O3/c1-3-9-24-17(22)16(18(27)25(10-4-2)19(24)28)23-15(26)8-6-12-5-7-13(20)14(21)11-12/h5-8,11H,3-4,9-10,22H2,1-2H3,(H,23,26)/b8-6+. The van der Waals surface area contributed by atoms with E-state index in [1.807, 2.05) is 13.8 Å². The Morgan fingerprint density at radius 2 is 1.75 bits per heavy atom. The summed E-state index contributed by atoms with van der Waals surface area (Å²) in [6, 6.07) is 4.92. The maximum atomic E-state index is 12.6. The van der Waals surface area contributed by atoms with E-state index < -0.39 is 17.2 Å². The van der Waals surface area contributed by atoms with E-state index >= 15 is 0 Å². The van der Waals surface area contributed by atoms with Gasteiger partial charge >= 0.3 is 5.69 Å². The van der Waals surface area contributed by atoms with E-state index in [1.54, 1.807) is 18.2 Å². The largest absolute Gasteiger partial charge is 0.383 e. The number of halogens is 2. The Kier molecular flexibility index (Phi) is 7.48. The van der Waals surface area contributed by atoms with E-state index in [1.165, 1.54) is 16.7 Å². The van der Waals surface area contributed by atoms with E-state index in [-0.39, 0.29) is 18.1 Å². The van der Waals surface area contributed by atoms with Crippen molar-refractivity contribution >= 4 is 46.7 Å². The third kappa shape index (κ3) is 4.85. The third-order valence-corrected chi connectivity index (χ3v) is 4.72. The summed E-state index contributed by atoms with van der Waals surface area (Å²) in [6.07, 6.45) is 4.02. The van der Waals surface area contributed by atoms with Crippen LogP contribution < -0.4 is 22.3 Å². The van der Waals surface area contributed by atoms with Gasteiger partial charge in [0, 0.05) is 19.2 Å². The van der Waals surface area contributed by atoms with Gasteiger partial charge in [-0.15, -0.1) is 0 Å². The van der Waals surface area contributed by atoms with Gasteiger partial charge in [0.1, 0.15) is 11.5 Å². The van der Waals surface area contributed by atoms with Crippen molar-refractivity contribution in [2.24, 2.45) is 0 Å². The van der Waals surface area contributed by atoms with Gasteiger partial charge in [-0.3, -0.25) is 18.7 Å². The molecule has 3 N–H and O–H groups in total. The van der Waals surface area contributed by atoms with Gasteiger partial charge in [-0.25, -0.2) is 4.79 Å². The Bertz CT molecular complexity index is 1030. The second-order valence-electron chi connectivity index (χ2n) is 6.15. The Labute approximate surface area is 172 Å². The zero-order valence-corrected chi connectivity index (χ0v) is 17.2. The average Bonchev–Trinajstić information content (AvgIpc) is 2.66. The van der Waals surface area contributed by atoms with Gasteiger partial charge in [-0.05, 0) is 36.6 Å². The van der Waals surface area contributed by atoms with Crippen LogP contribution >= 0.6 is 23.2 Å². The highest BCUT2D eigenvalue weighted by molar-refractivity contribution is 6.42. The molecule has 0 unspecified atom stereocenters. The van der Waals surface area contributed by atoms with Crippen LogP contribution in [0.1, 0.15) is 32.3 Å². The number of nitrogen functional groups attached to an aromatic ring is 1. The fraction of sp³-hybridized carbons (Fsp3) is 0.316. The zero-order chi connectivity index (χ0) is 20.8. The van der Waals surface area contributed by atoms with E-state index in [9.17, 15) is 14.4 Å². The quantitative estimate of drug-likeness (QED) is 0.665. The second-order valence-corrected chi connectivity index (χ2v) is 6.96. The maximum Gasteiger partial charge on any atom is 0.332 e. The number of amides is 1. The van der Waals surface area contributed by atoms with E-state index in [2.05, 4.69) is 5.32 Å². The number of hydrogen-bond acceptors (Lipinski definition) is 4. The van der Waals surface area contributed by atoms with Gasteiger partial charge in [0.15, 0.2) is 0 Å². The summed E-state index contributed by atoms with van der Waals surface area (Å²) in [7, 11) is 0. The number of aromatic nitrogens is 2. The molecule has 1 aromatic carbocycles. The van der Waals surface area contributed by atoms with Crippen molar-refractivity contribution in [3.8, 4) is 0 Å². The monoisotopic (exact) mass is 424 g/mol. The van der Waals surface area contributed by atoms with Crippen LogP contribution in [0, 0.1) is 0 Å². The molecule has 9 heteroatoms. The summed E-state index contributed by atoms with van der Waals surface area (Å²) in [5, 5.41) is 3.27. The molecule has 2 rings (SSSR count). The van der Waals surface area contributed by atoms with Crippen LogP contribution in [0.25, 0.3) is 6.08 Å². The van der Waals surface area contributed by atoms with Crippen LogP contribution in [-0.4, -0.2) is 15.0 Å². The Morgan fingerprint density at radius 3 is 2.36 bits per heavy atom. The number of nitrogens with two attached hydrogens (primary N) is 1. The number of nitrogens with zero attached hydrogens (tertiary/aromatic N) is 2. The summed E-state index contributed by atoms with van der Waals surface area (Å²) in [5.41, 5.74) is 5.47. The summed E-state index contributed by atoms with van der Waals surface area (Å²) in [5.74, 6) is -0.611. The predicted molar refractivity (Wildman–Crippen MR) is 114 cm³/mol. The molecular formula is C19H22Cl2N4O3. The van der Waals surface area contributed by atoms with Crippen LogP contribution in [0.5, 0.6) is 0 Å². The molecule has 1 heterocycles. The zero-order valence-electron chi connectivity index (χ0n) is 15.7. The molecule has 0 fully saturated rings. The lowest BCUT2D eigenvalue weighted by Crippen LogP contribution is -2.42. The van der Waals surface area contributed by atoms with Gasteiger partial charge in [0.25, 0.3) is 5.56 Å². The smallest absolute Gasteiger partial charge is 0.332 e. The number of benzene rings is 1. The van der Waals surface area contributed by atoms with Gasteiger partial charge in [-0.2, -0.15) is 0 Å². The first-order chi connectivity index (χ1) is 13.3. The van der Waals surface area contributed by atoms with Crippen LogP contribution in [-0.2, 0) is 17.9 Å². The molecule has 1 amide bonds. The normalized spacial score (nSPS) is 11.1. The van der Waals surface area contributed by atoms with E-state index in [4.69, 9.17) is 28.9 Å². The molecule has 28 heavy (non-hydrogen) atoms. The van der Waals surface area contributed by atoms with Crippen LogP contribution in [0.2, 0.25) is 10.0 Å². The number of anilines is 2. The van der Waals surface area contributed by atoms with Crippen LogP contribution in [0.3, 0.4) is 0 Å². The minimum atomic E-state index is -0.618. The Morgan fingerprint density at radius 1 is 1.11 bits per heavy atom. The maximum absolute atomic E-state index is 12.6. The molecule has 1 aromatic heterocycles. The molecular weight excluding hydrogens is 403 g/mol. The fourth-order valence-electron chi connectivity index (χ4n) is 2.65. The molecule has 2 aromatic rings. The van der Waals surface area contributed by atoms with Gasteiger partial charge in [-0.1, -0.05) is 43.1 Å². The van der Waals surface area contributed by atoms with Crippen molar-refractivity contribution in [3.05, 3.63) is 60.7 Å². The van der Waals surface area contributed by atoms with Crippen molar-refractivity contribution < 1.29 is 4.79 Å². The van der Waals surface area contributed by atoms with Gasteiger partial charge < -0.3 is 11.1 Å². The lowest BCUT2D eigenvalue weighted by molar-refractivity contribution is -0.111. The molecule has 0 aliphatic heterocycles. The van der Waals surface area contributed by atoms with Crippen molar-refractivity contribution in [2.75, 3.05) is 11.1 Å². The van der Waals surface area contributed by atoms with E-state index in [0.717, 1.165) is 4.57 Å². The SMILES string of the molecule is CCCn1c(N)c(NC(=O)/C=C/c2ccc(Cl)c(Cl)c2)c(=O)n(CCC)c1=O. The topological polar surface area (TPSA) is 99.1 Å². The third-order valence-electron chi connectivity index (χ3n) is 3.98. The number of carbonyl (C=O) groups is 1. The van der Waals surface area contributed by atoms with Crippen molar-refractivity contribution in [1.82, 2.24) is 9.13 Å². The molecule has 0 radical (unpaired) electrons. The molecule has 0 aliphatic rings. The first-order valence-electron chi connectivity index (χ1n) is 8.87. The molecule has 0 saturated heterocycles. The molecule has 0 atom stereocenters.